The van der Waals surface area contributed by atoms with E-state index in [4.69, 9.17) is 19.6 Å². The first-order valence-corrected chi connectivity index (χ1v) is 13.7. The zero-order valence-corrected chi connectivity index (χ0v) is 22.3. The van der Waals surface area contributed by atoms with Gasteiger partial charge in [-0.05, 0) is 36.6 Å². The van der Waals surface area contributed by atoms with Crippen molar-refractivity contribution in [3.05, 3.63) is 89.6 Å². The molecule has 1 aromatic heterocycles. The first-order chi connectivity index (χ1) is 18.1. The van der Waals surface area contributed by atoms with Crippen molar-refractivity contribution < 1.29 is 14.3 Å². The minimum absolute atomic E-state index is 0.134. The van der Waals surface area contributed by atoms with Crippen LogP contribution in [0.4, 0.5) is 5.95 Å². The smallest absolute Gasteiger partial charge is 0.338 e. The van der Waals surface area contributed by atoms with Gasteiger partial charge < -0.3 is 14.8 Å². The molecule has 0 radical (unpaired) electrons. The van der Waals surface area contributed by atoms with Crippen molar-refractivity contribution in [2.75, 3.05) is 18.5 Å². The minimum Gasteiger partial charge on any atom is -0.494 e. The third-order valence-electron chi connectivity index (χ3n) is 6.06. The highest BCUT2D eigenvalue weighted by atomic mass is 32.2. The zero-order valence-electron chi connectivity index (χ0n) is 21.5. The molecule has 1 aliphatic heterocycles. The molecule has 37 heavy (non-hydrogen) atoms. The van der Waals surface area contributed by atoms with E-state index in [1.807, 2.05) is 49.4 Å². The minimum atomic E-state index is -0.481. The van der Waals surface area contributed by atoms with Crippen molar-refractivity contribution >= 4 is 23.7 Å². The Morgan fingerprint density at radius 2 is 1.92 bits per heavy atom. The molecule has 0 saturated carbocycles. The predicted octanol–water partition coefficient (Wildman–Crippen LogP) is 6.55. The molecule has 1 N–H and O–H groups in total. The SMILES string of the molecule is C=CCOC(=O)C1=C(C)Nc2nc(SCc3ccccc3)nn2C1c1ccc(OCCCCCC)cc1. The van der Waals surface area contributed by atoms with Gasteiger partial charge >= 0.3 is 5.97 Å². The summed E-state index contributed by atoms with van der Waals surface area (Å²) in [4.78, 5) is 17.8. The molecule has 194 valence electrons. The number of nitrogens with zero attached hydrogens (tertiary/aromatic N) is 3. The molecule has 7 nitrogen and oxygen atoms in total. The second kappa shape index (κ2) is 13.1. The summed E-state index contributed by atoms with van der Waals surface area (Å²) in [6.07, 6.45) is 6.19. The van der Waals surface area contributed by atoms with E-state index in [1.165, 1.54) is 24.8 Å². The van der Waals surface area contributed by atoms with Crippen molar-refractivity contribution in [3.63, 3.8) is 0 Å². The first-order valence-electron chi connectivity index (χ1n) is 12.7. The number of unbranched alkanes of at least 4 members (excludes halogenated alkanes) is 3. The number of carbonyl (C=O) groups excluding carboxylic acids is 1. The standard InChI is InChI=1S/C29H34N4O3S/c1-4-6-7-11-19-35-24-16-14-23(15-17-24)26-25(27(34)36-18-5-2)21(3)30-28-31-29(32-33(26)28)37-20-22-12-9-8-10-13-22/h5,8-10,12-17,26H,2,4,6-7,11,18-20H2,1,3H3,(H,30,31,32). The first kappa shape index (κ1) is 26.5. The molecule has 0 amide bonds. The fraction of sp³-hybridized carbons (Fsp3) is 0.345. The van der Waals surface area contributed by atoms with Gasteiger partial charge in [0.1, 0.15) is 18.4 Å². The van der Waals surface area contributed by atoms with E-state index in [0.717, 1.165) is 23.5 Å². The summed E-state index contributed by atoms with van der Waals surface area (Å²) in [7, 11) is 0. The van der Waals surface area contributed by atoms with Crippen LogP contribution < -0.4 is 10.1 Å². The Morgan fingerprint density at radius 3 is 2.65 bits per heavy atom. The third kappa shape index (κ3) is 6.83. The molecule has 3 aromatic rings. The number of hydrogen-bond acceptors (Lipinski definition) is 7. The highest BCUT2D eigenvalue weighted by Crippen LogP contribution is 2.37. The molecule has 0 saturated heterocycles. The van der Waals surface area contributed by atoms with Gasteiger partial charge in [-0.15, -0.1) is 5.10 Å². The Bertz CT molecular complexity index is 1220. The molecular formula is C29H34N4O3S. The number of aromatic nitrogens is 3. The number of hydrogen-bond donors (Lipinski definition) is 1. The number of carbonyl (C=O) groups is 1. The van der Waals surface area contributed by atoms with Crippen LogP contribution in [-0.2, 0) is 15.3 Å². The lowest BCUT2D eigenvalue weighted by Crippen LogP contribution is -2.29. The molecule has 2 aromatic carbocycles. The average molecular weight is 519 g/mol. The predicted molar refractivity (Wildman–Crippen MR) is 148 cm³/mol. The molecule has 8 heteroatoms. The van der Waals surface area contributed by atoms with Crippen molar-refractivity contribution in [1.29, 1.82) is 0 Å². The van der Waals surface area contributed by atoms with E-state index >= 15 is 0 Å². The van der Waals surface area contributed by atoms with E-state index < -0.39 is 12.0 Å². The van der Waals surface area contributed by atoms with E-state index in [-0.39, 0.29) is 6.61 Å². The molecule has 4 rings (SSSR count). The van der Waals surface area contributed by atoms with Crippen LogP contribution >= 0.6 is 11.8 Å². The number of rotatable bonds is 13. The number of anilines is 1. The van der Waals surface area contributed by atoms with E-state index in [9.17, 15) is 4.79 Å². The lowest BCUT2D eigenvalue weighted by molar-refractivity contribution is -0.138. The van der Waals surface area contributed by atoms with Gasteiger partial charge in [0.15, 0.2) is 0 Å². The average Bonchev–Trinajstić information content (AvgIpc) is 3.33. The highest BCUT2D eigenvalue weighted by Gasteiger charge is 2.35. The summed E-state index contributed by atoms with van der Waals surface area (Å²) in [6.45, 7) is 8.54. The van der Waals surface area contributed by atoms with Crippen LogP contribution in [0.1, 0.15) is 56.7 Å². The second-order valence-corrected chi connectivity index (χ2v) is 9.81. The maximum atomic E-state index is 13.1. The van der Waals surface area contributed by atoms with Crippen molar-refractivity contribution in [2.24, 2.45) is 0 Å². The van der Waals surface area contributed by atoms with Crippen LogP contribution in [0.5, 0.6) is 5.75 Å². The van der Waals surface area contributed by atoms with Crippen LogP contribution in [0, 0.1) is 0 Å². The Hall–Kier alpha value is -3.52. The van der Waals surface area contributed by atoms with E-state index in [2.05, 4.69) is 31.0 Å². The number of benzene rings is 2. The van der Waals surface area contributed by atoms with Gasteiger partial charge in [-0.1, -0.05) is 93.1 Å². The van der Waals surface area contributed by atoms with Gasteiger partial charge in [0.2, 0.25) is 11.1 Å². The summed E-state index contributed by atoms with van der Waals surface area (Å²) < 4.78 is 13.1. The van der Waals surface area contributed by atoms with Crippen LogP contribution in [-0.4, -0.2) is 33.9 Å². The second-order valence-electron chi connectivity index (χ2n) is 8.87. The molecule has 0 fully saturated rings. The Labute approximate surface area is 223 Å². The van der Waals surface area contributed by atoms with Crippen LogP contribution in [0.3, 0.4) is 0 Å². The van der Waals surface area contributed by atoms with Crippen LogP contribution in [0.25, 0.3) is 0 Å². The fourth-order valence-corrected chi connectivity index (χ4v) is 4.95. The number of esters is 1. The van der Waals surface area contributed by atoms with Crippen molar-refractivity contribution in [2.45, 2.75) is 56.5 Å². The molecule has 0 bridgehead atoms. The summed E-state index contributed by atoms with van der Waals surface area (Å²) in [5.74, 6) is 1.74. The largest absolute Gasteiger partial charge is 0.494 e. The number of fused-ring (bicyclic) bond motifs is 1. The van der Waals surface area contributed by atoms with Gasteiger partial charge in [0.05, 0.1) is 12.2 Å². The Balaban J connectivity index is 1.58. The zero-order chi connectivity index (χ0) is 26.0. The molecule has 0 aliphatic carbocycles. The molecule has 0 spiro atoms. The van der Waals surface area contributed by atoms with Crippen LogP contribution in [0.15, 0.2) is 83.7 Å². The summed E-state index contributed by atoms with van der Waals surface area (Å²) in [6, 6.07) is 17.6. The van der Waals surface area contributed by atoms with Gasteiger partial charge in [-0.25, -0.2) is 9.48 Å². The molecule has 2 heterocycles. The number of ether oxygens (including phenoxy) is 2. The normalized spacial score (nSPS) is 14.6. The lowest BCUT2D eigenvalue weighted by Gasteiger charge is -2.28. The quantitative estimate of drug-likeness (QED) is 0.119. The Morgan fingerprint density at radius 1 is 1.14 bits per heavy atom. The molecular weight excluding hydrogens is 484 g/mol. The topological polar surface area (TPSA) is 78.3 Å². The van der Waals surface area contributed by atoms with Crippen molar-refractivity contribution in [1.82, 2.24) is 14.8 Å². The summed E-state index contributed by atoms with van der Waals surface area (Å²) >= 11 is 1.56. The Kier molecular flexibility index (Phi) is 9.43. The van der Waals surface area contributed by atoms with E-state index in [0.29, 0.717) is 29.0 Å². The number of allylic oxidation sites excluding steroid dienone is 1. The van der Waals surface area contributed by atoms with Gasteiger partial charge in [-0.3, -0.25) is 0 Å². The summed E-state index contributed by atoms with van der Waals surface area (Å²) in [5, 5.41) is 8.67. The van der Waals surface area contributed by atoms with Gasteiger partial charge in [-0.2, -0.15) is 4.98 Å². The van der Waals surface area contributed by atoms with Gasteiger partial charge in [0.25, 0.3) is 0 Å². The third-order valence-corrected chi connectivity index (χ3v) is 6.97. The maximum Gasteiger partial charge on any atom is 0.338 e. The number of thioether (sulfide) groups is 1. The van der Waals surface area contributed by atoms with E-state index in [1.54, 1.807) is 22.5 Å². The molecule has 1 aliphatic rings. The number of nitrogens with one attached hydrogen (secondary N) is 1. The maximum absolute atomic E-state index is 13.1. The van der Waals surface area contributed by atoms with Crippen molar-refractivity contribution in [3.8, 4) is 5.75 Å². The molecule has 1 atom stereocenters. The van der Waals surface area contributed by atoms with Gasteiger partial charge in [0, 0.05) is 11.4 Å². The molecule has 1 unspecified atom stereocenters. The lowest BCUT2D eigenvalue weighted by atomic mass is 9.96. The monoisotopic (exact) mass is 518 g/mol. The fourth-order valence-electron chi connectivity index (χ4n) is 4.16. The summed E-state index contributed by atoms with van der Waals surface area (Å²) in [5.41, 5.74) is 3.27. The highest BCUT2D eigenvalue weighted by molar-refractivity contribution is 7.98. The van der Waals surface area contributed by atoms with Crippen LogP contribution in [0.2, 0.25) is 0 Å².